The number of nitrogens with zero attached hydrogens (tertiary/aromatic N) is 2. The number of primary amides is 1. The summed E-state index contributed by atoms with van der Waals surface area (Å²) in [4.78, 5) is 19.7. The molecule has 27 heavy (non-hydrogen) atoms. The van der Waals surface area contributed by atoms with Crippen molar-refractivity contribution in [3.05, 3.63) is 59.2 Å². The van der Waals surface area contributed by atoms with Crippen LogP contribution in [0.25, 0.3) is 0 Å². The van der Waals surface area contributed by atoms with E-state index >= 15 is 0 Å². The van der Waals surface area contributed by atoms with E-state index in [0.29, 0.717) is 11.8 Å². The topological polar surface area (TPSA) is 99.4 Å². The molecule has 0 spiro atoms. The molecule has 2 aromatic rings. The Morgan fingerprint density at radius 2 is 2.15 bits per heavy atom. The molecular formula is C20H24N4O3. The first-order chi connectivity index (χ1) is 13.2. The number of carbonyl (C=O) groups is 1. The molecule has 1 aliphatic carbocycles. The van der Waals surface area contributed by atoms with Crippen molar-refractivity contribution in [2.75, 3.05) is 19.7 Å². The van der Waals surface area contributed by atoms with Gasteiger partial charge in [-0.15, -0.1) is 0 Å². The van der Waals surface area contributed by atoms with Crippen LogP contribution in [-0.4, -0.2) is 35.8 Å². The van der Waals surface area contributed by atoms with Crippen LogP contribution in [-0.2, 0) is 16.1 Å². The smallest absolute Gasteiger partial charge is 0.404 e. The van der Waals surface area contributed by atoms with Gasteiger partial charge in [-0.25, -0.2) is 4.79 Å². The van der Waals surface area contributed by atoms with Crippen LogP contribution in [0.5, 0.6) is 0 Å². The molecule has 7 heteroatoms. The molecule has 1 saturated carbocycles. The molecule has 7 nitrogen and oxygen atoms in total. The zero-order valence-corrected chi connectivity index (χ0v) is 15.1. The van der Waals surface area contributed by atoms with Crippen molar-refractivity contribution in [1.29, 1.82) is 0 Å². The van der Waals surface area contributed by atoms with Gasteiger partial charge < -0.3 is 20.5 Å². The van der Waals surface area contributed by atoms with Gasteiger partial charge in [-0.1, -0.05) is 6.07 Å². The first-order valence-electron chi connectivity index (χ1n) is 9.35. The van der Waals surface area contributed by atoms with E-state index in [1.165, 1.54) is 11.1 Å². The lowest BCUT2D eigenvalue weighted by Crippen LogP contribution is -2.34. The highest BCUT2D eigenvalue weighted by molar-refractivity contribution is 5.64. The summed E-state index contributed by atoms with van der Waals surface area (Å²) >= 11 is 0. The Morgan fingerprint density at radius 1 is 1.26 bits per heavy atom. The number of aromatic nitrogens is 2. The van der Waals surface area contributed by atoms with Gasteiger partial charge in [-0.05, 0) is 42.5 Å². The molecule has 3 heterocycles. The van der Waals surface area contributed by atoms with E-state index in [2.05, 4.69) is 21.4 Å². The Hall–Kier alpha value is -2.51. The van der Waals surface area contributed by atoms with Gasteiger partial charge in [0.25, 0.3) is 0 Å². The number of morpholine rings is 1. The average molecular weight is 368 g/mol. The van der Waals surface area contributed by atoms with Gasteiger partial charge in [-0.2, -0.15) is 0 Å². The van der Waals surface area contributed by atoms with E-state index in [9.17, 15) is 4.79 Å². The predicted octanol–water partition coefficient (Wildman–Crippen LogP) is 2.39. The summed E-state index contributed by atoms with van der Waals surface area (Å²) in [7, 11) is 0. The Balaban J connectivity index is 1.43. The number of nitrogens with two attached hydrogens (primary N) is 1. The molecule has 1 unspecified atom stereocenters. The monoisotopic (exact) mass is 368 g/mol. The molecule has 142 valence electrons. The van der Waals surface area contributed by atoms with Crippen LogP contribution in [0.1, 0.15) is 53.3 Å². The zero-order chi connectivity index (χ0) is 18.6. The second kappa shape index (κ2) is 8.02. The number of carbonyl (C=O) groups excluding carboxylic acids is 1. The molecule has 1 saturated heterocycles. The largest absolute Gasteiger partial charge is 0.443 e. The van der Waals surface area contributed by atoms with Crippen LogP contribution in [0.2, 0.25) is 0 Å². The molecule has 2 aromatic heterocycles. The summed E-state index contributed by atoms with van der Waals surface area (Å²) in [5.41, 5.74) is 9.33. The molecule has 0 aromatic carbocycles. The lowest BCUT2D eigenvalue weighted by molar-refractivity contribution is 0.0263. The highest BCUT2D eigenvalue weighted by Gasteiger charge is 2.35. The summed E-state index contributed by atoms with van der Waals surface area (Å²) in [5.74, 6) is 0.904. The van der Waals surface area contributed by atoms with Crippen molar-refractivity contribution in [1.82, 2.24) is 15.3 Å². The van der Waals surface area contributed by atoms with Gasteiger partial charge >= 0.3 is 6.09 Å². The van der Waals surface area contributed by atoms with Crippen molar-refractivity contribution < 1.29 is 14.3 Å². The maximum atomic E-state index is 10.8. The van der Waals surface area contributed by atoms with Crippen LogP contribution in [0.15, 0.2) is 36.7 Å². The van der Waals surface area contributed by atoms with Gasteiger partial charge in [0.05, 0.1) is 18.4 Å². The fraction of sp³-hybridized carbons (Fsp3) is 0.450. The number of hydrogen-bond donors (Lipinski definition) is 2. The van der Waals surface area contributed by atoms with Crippen molar-refractivity contribution >= 4 is 6.09 Å². The lowest BCUT2D eigenvalue weighted by atomic mass is 9.69. The molecule has 2 aliphatic rings. The maximum Gasteiger partial charge on any atom is 0.404 e. The summed E-state index contributed by atoms with van der Waals surface area (Å²) in [6.45, 7) is 2.58. The van der Waals surface area contributed by atoms with E-state index in [0.717, 1.165) is 43.9 Å². The first kappa shape index (κ1) is 17.9. The SMILES string of the molecule is NC(=O)OCc1cc(C2CC(c3ncccc3C3CNCCO3)C2)ccn1. The Kier molecular flexibility index (Phi) is 5.31. The van der Waals surface area contributed by atoms with Gasteiger partial charge in [0.15, 0.2) is 0 Å². The molecule has 1 amide bonds. The van der Waals surface area contributed by atoms with Crippen molar-refractivity contribution in [2.45, 2.75) is 37.4 Å². The molecule has 3 N–H and O–H groups in total. The van der Waals surface area contributed by atoms with E-state index < -0.39 is 6.09 Å². The molecular weight excluding hydrogens is 344 g/mol. The zero-order valence-electron chi connectivity index (χ0n) is 15.1. The van der Waals surface area contributed by atoms with E-state index in [1.54, 1.807) is 6.20 Å². The van der Waals surface area contributed by atoms with Crippen LogP contribution >= 0.6 is 0 Å². The number of amides is 1. The number of ether oxygens (including phenoxy) is 2. The van der Waals surface area contributed by atoms with Crippen LogP contribution < -0.4 is 11.1 Å². The molecule has 2 fully saturated rings. The van der Waals surface area contributed by atoms with Crippen molar-refractivity contribution in [2.24, 2.45) is 5.73 Å². The minimum absolute atomic E-state index is 0.0833. The van der Waals surface area contributed by atoms with Gasteiger partial charge in [-0.3, -0.25) is 9.97 Å². The number of rotatable bonds is 5. The number of pyridine rings is 2. The fourth-order valence-electron chi connectivity index (χ4n) is 3.90. The molecule has 0 radical (unpaired) electrons. The number of nitrogens with one attached hydrogen (secondary N) is 1. The summed E-state index contributed by atoms with van der Waals surface area (Å²) < 4.78 is 10.8. The highest BCUT2D eigenvalue weighted by Crippen LogP contribution is 2.48. The molecule has 1 atom stereocenters. The third-order valence-electron chi connectivity index (χ3n) is 5.34. The second-order valence-electron chi connectivity index (χ2n) is 7.09. The Bertz CT molecular complexity index is 801. The predicted molar refractivity (Wildman–Crippen MR) is 99.1 cm³/mol. The summed E-state index contributed by atoms with van der Waals surface area (Å²) in [6, 6.07) is 8.15. The first-order valence-corrected chi connectivity index (χ1v) is 9.35. The Morgan fingerprint density at radius 3 is 2.93 bits per heavy atom. The third kappa shape index (κ3) is 4.09. The maximum absolute atomic E-state index is 10.8. The third-order valence-corrected chi connectivity index (χ3v) is 5.34. The second-order valence-corrected chi connectivity index (χ2v) is 7.09. The van der Waals surface area contributed by atoms with Crippen LogP contribution in [0.3, 0.4) is 0 Å². The average Bonchev–Trinajstić information content (AvgIpc) is 2.67. The van der Waals surface area contributed by atoms with Gasteiger partial charge in [0, 0.05) is 42.7 Å². The Labute approximate surface area is 158 Å². The molecule has 4 rings (SSSR count). The molecule has 1 aliphatic heterocycles. The van der Waals surface area contributed by atoms with Crippen molar-refractivity contribution in [3.63, 3.8) is 0 Å². The molecule has 0 bridgehead atoms. The lowest BCUT2D eigenvalue weighted by Gasteiger charge is -2.37. The standard InChI is InChI=1S/C20H24N4O3/c21-20(25)27-12-16-10-13(3-5-23-16)14-8-15(9-14)19-17(2-1-4-24-19)18-11-22-6-7-26-18/h1-5,10,14-15,18,22H,6-9,11-12H2,(H2,21,25). The van der Waals surface area contributed by atoms with Crippen LogP contribution in [0.4, 0.5) is 4.79 Å². The summed E-state index contributed by atoms with van der Waals surface area (Å²) in [6.07, 6.45) is 5.02. The van der Waals surface area contributed by atoms with E-state index in [4.69, 9.17) is 15.2 Å². The fourth-order valence-corrected chi connectivity index (χ4v) is 3.90. The van der Waals surface area contributed by atoms with E-state index in [1.807, 2.05) is 24.4 Å². The summed E-state index contributed by atoms with van der Waals surface area (Å²) in [5, 5.41) is 3.39. The van der Waals surface area contributed by atoms with Crippen LogP contribution in [0, 0.1) is 0 Å². The number of hydrogen-bond acceptors (Lipinski definition) is 6. The van der Waals surface area contributed by atoms with Crippen molar-refractivity contribution in [3.8, 4) is 0 Å². The quantitative estimate of drug-likeness (QED) is 0.841. The van der Waals surface area contributed by atoms with Gasteiger partial charge in [0.1, 0.15) is 6.61 Å². The normalized spacial score (nSPS) is 24.8. The van der Waals surface area contributed by atoms with Gasteiger partial charge in [0.2, 0.25) is 0 Å². The highest BCUT2D eigenvalue weighted by atomic mass is 16.5. The minimum Gasteiger partial charge on any atom is -0.443 e. The van der Waals surface area contributed by atoms with E-state index in [-0.39, 0.29) is 12.7 Å². The minimum atomic E-state index is -0.784.